The van der Waals surface area contributed by atoms with Crippen molar-refractivity contribution >= 4 is 44.6 Å². The number of nitrogens with zero attached hydrogens (tertiary/aromatic N) is 2. The third-order valence-electron chi connectivity index (χ3n) is 2.03. The Morgan fingerprint density at radius 2 is 2.06 bits per heavy atom. The number of anilines is 1. The molecule has 0 saturated heterocycles. The van der Waals surface area contributed by atoms with Crippen molar-refractivity contribution in [3.8, 4) is 0 Å². The zero-order valence-electron chi connectivity index (χ0n) is 8.63. The molecule has 1 aromatic rings. The highest BCUT2D eigenvalue weighted by Gasteiger charge is 2.21. The number of benzene rings is 1. The van der Waals surface area contributed by atoms with Gasteiger partial charge in [0.25, 0.3) is 5.69 Å². The van der Waals surface area contributed by atoms with Crippen molar-refractivity contribution in [3.05, 3.63) is 33.3 Å². The minimum Gasteiger partial charge on any atom is -0.271 e. The number of alkyl halides is 1. The predicted octanol–water partition coefficient (Wildman–Crippen LogP) is 2.21. The Labute approximate surface area is 108 Å². The van der Waals surface area contributed by atoms with E-state index in [1.54, 1.807) is 0 Å². The summed E-state index contributed by atoms with van der Waals surface area (Å²) in [7, 11) is -2.50. The molecule has 0 radical (unpaired) electrons. The second-order valence-corrected chi connectivity index (χ2v) is 6.07. The standard InChI is InChI=1S/C8H8Cl2N2O4S/c1-11(17(15,16)5-9)8-4-6(12(13)14)2-3-7(8)10/h2-4H,5H2,1H3. The SMILES string of the molecule is CN(c1cc([N+](=O)[O-])ccc1Cl)S(=O)(=O)CCl. The summed E-state index contributed by atoms with van der Waals surface area (Å²) in [5.41, 5.74) is -0.234. The number of hydrogen-bond acceptors (Lipinski definition) is 4. The van der Waals surface area contributed by atoms with Crippen molar-refractivity contribution in [3.63, 3.8) is 0 Å². The van der Waals surface area contributed by atoms with E-state index in [-0.39, 0.29) is 16.4 Å². The molecular formula is C8H8Cl2N2O4S. The van der Waals surface area contributed by atoms with Crippen LogP contribution < -0.4 is 4.31 Å². The molecule has 6 nitrogen and oxygen atoms in total. The molecule has 0 aliphatic rings. The van der Waals surface area contributed by atoms with Crippen LogP contribution in [0.15, 0.2) is 18.2 Å². The molecule has 0 N–H and O–H groups in total. The van der Waals surface area contributed by atoms with E-state index in [1.165, 1.54) is 19.2 Å². The van der Waals surface area contributed by atoms with Crippen molar-refractivity contribution in [1.29, 1.82) is 0 Å². The van der Waals surface area contributed by atoms with E-state index in [0.29, 0.717) is 0 Å². The Hall–Kier alpha value is -1.05. The molecule has 0 fully saturated rings. The third kappa shape index (κ3) is 2.99. The topological polar surface area (TPSA) is 80.5 Å². The summed E-state index contributed by atoms with van der Waals surface area (Å²) in [6, 6.07) is 3.52. The average molecular weight is 299 g/mol. The molecule has 0 atom stereocenters. The summed E-state index contributed by atoms with van der Waals surface area (Å²) < 4.78 is 23.8. The molecule has 0 bridgehead atoms. The first kappa shape index (κ1) is 14.0. The van der Waals surface area contributed by atoms with Gasteiger partial charge in [-0.15, -0.1) is 11.6 Å². The summed E-state index contributed by atoms with van der Waals surface area (Å²) >= 11 is 11.1. The molecule has 0 spiro atoms. The first-order valence-electron chi connectivity index (χ1n) is 4.26. The van der Waals surface area contributed by atoms with Gasteiger partial charge in [-0.3, -0.25) is 14.4 Å². The van der Waals surface area contributed by atoms with Gasteiger partial charge in [0, 0.05) is 19.2 Å². The summed E-state index contributed by atoms with van der Waals surface area (Å²) in [4.78, 5) is 9.94. The van der Waals surface area contributed by atoms with Gasteiger partial charge in [-0.25, -0.2) is 8.42 Å². The lowest BCUT2D eigenvalue weighted by Crippen LogP contribution is -2.27. The molecule has 17 heavy (non-hydrogen) atoms. The normalized spacial score (nSPS) is 11.2. The van der Waals surface area contributed by atoms with Gasteiger partial charge in [0.2, 0.25) is 10.0 Å². The maximum Gasteiger partial charge on any atom is 0.271 e. The van der Waals surface area contributed by atoms with Crippen LogP contribution in [0.5, 0.6) is 0 Å². The Bertz CT molecular complexity index is 546. The largest absolute Gasteiger partial charge is 0.271 e. The molecule has 0 aromatic heterocycles. The van der Waals surface area contributed by atoms with Crippen molar-refractivity contribution in [1.82, 2.24) is 0 Å². The van der Waals surface area contributed by atoms with Crippen LogP contribution in [0, 0.1) is 10.1 Å². The predicted molar refractivity (Wildman–Crippen MR) is 66.1 cm³/mol. The molecule has 0 aliphatic carbocycles. The number of hydrogen-bond donors (Lipinski definition) is 0. The zero-order valence-corrected chi connectivity index (χ0v) is 11.0. The number of nitro groups is 1. The molecule has 0 amide bonds. The minimum absolute atomic E-state index is 0.0153. The van der Waals surface area contributed by atoms with Crippen LogP contribution in [0.2, 0.25) is 5.02 Å². The fraction of sp³-hybridized carbons (Fsp3) is 0.250. The lowest BCUT2D eigenvalue weighted by molar-refractivity contribution is -0.384. The Morgan fingerprint density at radius 1 is 1.47 bits per heavy atom. The first-order chi connectivity index (χ1) is 7.79. The Balaban J connectivity index is 3.31. The van der Waals surface area contributed by atoms with Gasteiger partial charge in [0.05, 0.1) is 15.6 Å². The molecule has 9 heteroatoms. The molecule has 0 aliphatic heterocycles. The van der Waals surface area contributed by atoms with Crippen LogP contribution in [0.25, 0.3) is 0 Å². The van der Waals surface area contributed by atoms with Crippen molar-refractivity contribution < 1.29 is 13.3 Å². The Morgan fingerprint density at radius 3 is 2.53 bits per heavy atom. The highest BCUT2D eigenvalue weighted by atomic mass is 35.5. The molecule has 94 valence electrons. The third-order valence-corrected chi connectivity index (χ3v) is 4.49. The van der Waals surface area contributed by atoms with Crippen LogP contribution in [0.4, 0.5) is 11.4 Å². The number of nitro benzene ring substituents is 1. The second-order valence-electron chi connectivity index (χ2n) is 3.08. The minimum atomic E-state index is -3.72. The van der Waals surface area contributed by atoms with Gasteiger partial charge in [-0.05, 0) is 6.07 Å². The summed E-state index contributed by atoms with van der Waals surface area (Å²) in [6.45, 7) is 0. The maximum atomic E-state index is 11.5. The molecular weight excluding hydrogens is 291 g/mol. The molecule has 0 unspecified atom stereocenters. The van der Waals surface area contributed by atoms with Gasteiger partial charge < -0.3 is 0 Å². The highest BCUT2D eigenvalue weighted by Crippen LogP contribution is 2.30. The van der Waals surface area contributed by atoms with Crippen LogP contribution in [-0.2, 0) is 10.0 Å². The molecule has 0 heterocycles. The summed E-state index contributed by atoms with van der Waals surface area (Å²) in [6.07, 6.45) is 0. The van der Waals surface area contributed by atoms with Crippen molar-refractivity contribution in [2.45, 2.75) is 0 Å². The van der Waals surface area contributed by atoms with Crippen LogP contribution >= 0.6 is 23.2 Å². The summed E-state index contributed by atoms with van der Waals surface area (Å²) in [5.74, 6) is 0. The maximum absolute atomic E-state index is 11.5. The summed E-state index contributed by atoms with van der Waals surface area (Å²) in [5, 5.41) is 10.0. The fourth-order valence-corrected chi connectivity index (χ4v) is 2.41. The van der Waals surface area contributed by atoms with E-state index in [1.807, 2.05) is 0 Å². The van der Waals surface area contributed by atoms with E-state index < -0.39 is 20.2 Å². The van der Waals surface area contributed by atoms with Gasteiger partial charge >= 0.3 is 0 Å². The average Bonchev–Trinajstić information content (AvgIpc) is 2.28. The van der Waals surface area contributed by atoms with E-state index >= 15 is 0 Å². The van der Waals surface area contributed by atoms with Crippen LogP contribution in [-0.4, -0.2) is 25.6 Å². The molecule has 1 rings (SSSR count). The van der Waals surface area contributed by atoms with E-state index in [9.17, 15) is 18.5 Å². The van der Waals surface area contributed by atoms with Crippen LogP contribution in [0.1, 0.15) is 0 Å². The number of rotatable bonds is 4. The quantitative estimate of drug-likeness (QED) is 0.485. The number of sulfonamides is 1. The van der Waals surface area contributed by atoms with E-state index in [4.69, 9.17) is 23.2 Å². The molecule has 1 aromatic carbocycles. The van der Waals surface area contributed by atoms with Gasteiger partial charge in [0.1, 0.15) is 5.21 Å². The lowest BCUT2D eigenvalue weighted by atomic mass is 10.3. The Kier molecular flexibility index (Phi) is 4.18. The second kappa shape index (κ2) is 5.07. The highest BCUT2D eigenvalue weighted by molar-refractivity contribution is 7.93. The fourth-order valence-electron chi connectivity index (χ4n) is 1.08. The number of halogens is 2. The first-order valence-corrected chi connectivity index (χ1v) is 6.78. The van der Waals surface area contributed by atoms with Gasteiger partial charge in [-0.2, -0.15) is 0 Å². The van der Waals surface area contributed by atoms with E-state index in [0.717, 1.165) is 10.4 Å². The van der Waals surface area contributed by atoms with Gasteiger partial charge in [-0.1, -0.05) is 11.6 Å². The van der Waals surface area contributed by atoms with Crippen molar-refractivity contribution in [2.24, 2.45) is 0 Å². The smallest absolute Gasteiger partial charge is 0.271 e. The van der Waals surface area contributed by atoms with Crippen LogP contribution in [0.3, 0.4) is 0 Å². The zero-order chi connectivity index (χ0) is 13.2. The lowest BCUT2D eigenvalue weighted by Gasteiger charge is -2.18. The van der Waals surface area contributed by atoms with Crippen molar-refractivity contribution in [2.75, 3.05) is 16.6 Å². The van der Waals surface area contributed by atoms with Gasteiger partial charge in [0.15, 0.2) is 0 Å². The molecule has 0 saturated carbocycles. The monoisotopic (exact) mass is 298 g/mol. The van der Waals surface area contributed by atoms with E-state index in [2.05, 4.69) is 0 Å². The number of non-ortho nitro benzene ring substituents is 1.